The first-order valence-electron chi connectivity index (χ1n) is 4.55. The molecule has 2 aromatic rings. The maximum absolute atomic E-state index is 8.90. The lowest BCUT2D eigenvalue weighted by molar-refractivity contribution is 0.300. The quantitative estimate of drug-likeness (QED) is 0.690. The van der Waals surface area contributed by atoms with Crippen LogP contribution in [0.1, 0.15) is 5.56 Å². The maximum Gasteiger partial charge on any atom is 0.113 e. The van der Waals surface area contributed by atoms with Gasteiger partial charge < -0.3 is 5.11 Å². The van der Waals surface area contributed by atoms with Gasteiger partial charge >= 0.3 is 0 Å². The second-order valence-electron chi connectivity index (χ2n) is 3.22. The lowest BCUT2D eigenvalue weighted by Crippen LogP contribution is -2.02. The largest absolute Gasteiger partial charge is 0.396 e. The molecule has 1 aromatic heterocycles. The van der Waals surface area contributed by atoms with Gasteiger partial charge in [-0.2, -0.15) is 0 Å². The highest BCUT2D eigenvalue weighted by Gasteiger charge is 2.00. The molecule has 0 bridgehead atoms. The molecule has 1 N–H and O–H groups in total. The number of nitrogens with zero attached hydrogens (tertiary/aromatic N) is 1. The Morgan fingerprint density at radius 3 is 2.93 bits per heavy atom. The predicted octanol–water partition coefficient (Wildman–Crippen LogP) is 0.563. The normalized spacial score (nSPS) is 10.6. The summed E-state index contributed by atoms with van der Waals surface area (Å²) in [6, 6.07) is 7.54. The summed E-state index contributed by atoms with van der Waals surface area (Å²) in [5.41, 5.74) is 2.74. The standard InChI is InChI=1S/C11H10BNO/c12-9-1-2-11-10(7-9)8(4-6-14)3-5-13-11/h1-3,5,7,14H,4,6H2. The van der Waals surface area contributed by atoms with Gasteiger partial charge in [-0.05, 0) is 24.1 Å². The van der Waals surface area contributed by atoms with Crippen LogP contribution in [0.5, 0.6) is 0 Å². The summed E-state index contributed by atoms with van der Waals surface area (Å²) in [6.45, 7) is 0.147. The Kier molecular flexibility index (Phi) is 2.50. The molecule has 0 atom stereocenters. The third kappa shape index (κ3) is 1.63. The first-order chi connectivity index (χ1) is 6.81. The Morgan fingerprint density at radius 1 is 1.29 bits per heavy atom. The molecule has 2 radical (unpaired) electrons. The van der Waals surface area contributed by atoms with Crippen molar-refractivity contribution in [1.82, 2.24) is 4.98 Å². The van der Waals surface area contributed by atoms with Crippen LogP contribution in [0.15, 0.2) is 30.5 Å². The fraction of sp³-hybridized carbons (Fsp3) is 0.182. The molecule has 1 heterocycles. The molecule has 3 heteroatoms. The van der Waals surface area contributed by atoms with Crippen LogP contribution in [0.2, 0.25) is 0 Å². The van der Waals surface area contributed by atoms with E-state index in [1.807, 2.05) is 24.3 Å². The van der Waals surface area contributed by atoms with E-state index in [9.17, 15) is 0 Å². The highest BCUT2D eigenvalue weighted by atomic mass is 16.2. The van der Waals surface area contributed by atoms with Crippen LogP contribution >= 0.6 is 0 Å². The van der Waals surface area contributed by atoms with E-state index >= 15 is 0 Å². The van der Waals surface area contributed by atoms with Gasteiger partial charge in [0, 0.05) is 18.2 Å². The molecule has 0 spiro atoms. The summed E-state index contributed by atoms with van der Waals surface area (Å²) in [6.07, 6.45) is 2.39. The van der Waals surface area contributed by atoms with Gasteiger partial charge in [-0.15, -0.1) is 0 Å². The van der Waals surface area contributed by atoms with Crippen LogP contribution in [0.3, 0.4) is 0 Å². The number of aliphatic hydroxyl groups is 1. The minimum Gasteiger partial charge on any atom is -0.396 e. The van der Waals surface area contributed by atoms with Gasteiger partial charge in [0.05, 0.1) is 5.52 Å². The maximum atomic E-state index is 8.90. The average molecular weight is 183 g/mol. The summed E-state index contributed by atoms with van der Waals surface area (Å²) in [7, 11) is 5.70. The predicted molar refractivity (Wildman–Crippen MR) is 57.9 cm³/mol. The zero-order chi connectivity index (χ0) is 9.97. The van der Waals surface area contributed by atoms with Gasteiger partial charge in [-0.1, -0.05) is 17.6 Å². The third-order valence-corrected chi connectivity index (χ3v) is 2.24. The molecule has 14 heavy (non-hydrogen) atoms. The lowest BCUT2D eigenvalue weighted by Gasteiger charge is -2.04. The molecular formula is C11H10BNO. The third-order valence-electron chi connectivity index (χ3n) is 2.24. The van der Waals surface area contributed by atoms with Gasteiger partial charge in [-0.3, -0.25) is 4.98 Å². The molecule has 0 aliphatic rings. The Labute approximate surface area is 84.0 Å². The van der Waals surface area contributed by atoms with E-state index in [-0.39, 0.29) is 6.61 Å². The van der Waals surface area contributed by atoms with Crippen LogP contribution in [-0.4, -0.2) is 24.5 Å². The number of pyridine rings is 1. The minimum atomic E-state index is 0.147. The first-order valence-corrected chi connectivity index (χ1v) is 4.55. The van der Waals surface area contributed by atoms with E-state index in [1.54, 1.807) is 6.20 Å². The zero-order valence-corrected chi connectivity index (χ0v) is 7.77. The van der Waals surface area contributed by atoms with Crippen LogP contribution in [0.25, 0.3) is 10.9 Å². The highest BCUT2D eigenvalue weighted by molar-refractivity contribution is 6.33. The summed E-state index contributed by atoms with van der Waals surface area (Å²) >= 11 is 0. The number of hydrogen-bond donors (Lipinski definition) is 1. The monoisotopic (exact) mass is 183 g/mol. The van der Waals surface area contributed by atoms with Crippen molar-refractivity contribution in [2.45, 2.75) is 6.42 Å². The molecule has 0 saturated carbocycles. The van der Waals surface area contributed by atoms with E-state index in [4.69, 9.17) is 13.0 Å². The summed E-state index contributed by atoms with van der Waals surface area (Å²) in [4.78, 5) is 4.23. The number of benzene rings is 1. The Bertz CT molecular complexity index is 456. The second kappa shape index (κ2) is 3.80. The second-order valence-corrected chi connectivity index (χ2v) is 3.22. The van der Waals surface area contributed by atoms with Gasteiger partial charge in [-0.25, -0.2) is 0 Å². The molecule has 0 amide bonds. The van der Waals surface area contributed by atoms with Crippen molar-refractivity contribution in [3.8, 4) is 0 Å². The zero-order valence-electron chi connectivity index (χ0n) is 7.77. The average Bonchev–Trinajstić information content (AvgIpc) is 2.19. The summed E-state index contributed by atoms with van der Waals surface area (Å²) < 4.78 is 0. The van der Waals surface area contributed by atoms with E-state index in [1.165, 1.54) is 0 Å². The number of hydrogen-bond acceptors (Lipinski definition) is 2. The van der Waals surface area contributed by atoms with E-state index < -0.39 is 0 Å². The van der Waals surface area contributed by atoms with E-state index in [0.29, 0.717) is 6.42 Å². The summed E-state index contributed by atoms with van der Waals surface area (Å²) in [5, 5.41) is 9.93. The molecule has 0 aliphatic carbocycles. The Hall–Kier alpha value is -1.35. The van der Waals surface area contributed by atoms with E-state index in [2.05, 4.69) is 4.98 Å². The number of fused-ring (bicyclic) bond motifs is 1. The highest BCUT2D eigenvalue weighted by Crippen LogP contribution is 2.15. The molecule has 0 fully saturated rings. The minimum absolute atomic E-state index is 0.147. The SMILES string of the molecule is [B]c1ccc2nccc(CCO)c2c1. The topological polar surface area (TPSA) is 33.1 Å². The number of rotatable bonds is 2. The van der Waals surface area contributed by atoms with Gasteiger partial charge in [0.2, 0.25) is 0 Å². The molecule has 68 valence electrons. The number of aromatic nitrogens is 1. The van der Waals surface area contributed by atoms with Crippen molar-refractivity contribution >= 4 is 24.2 Å². The van der Waals surface area contributed by atoms with Crippen LogP contribution in [0.4, 0.5) is 0 Å². The fourth-order valence-corrected chi connectivity index (χ4v) is 1.56. The fourth-order valence-electron chi connectivity index (χ4n) is 1.56. The van der Waals surface area contributed by atoms with Crippen molar-refractivity contribution in [2.75, 3.05) is 6.61 Å². The molecule has 0 saturated heterocycles. The Balaban J connectivity index is 2.64. The molecule has 0 unspecified atom stereocenters. The van der Waals surface area contributed by atoms with Crippen molar-refractivity contribution < 1.29 is 5.11 Å². The van der Waals surface area contributed by atoms with Crippen molar-refractivity contribution in [2.24, 2.45) is 0 Å². The summed E-state index contributed by atoms with van der Waals surface area (Å²) in [5.74, 6) is 0. The molecule has 2 rings (SSSR count). The molecular weight excluding hydrogens is 173 g/mol. The first kappa shape index (κ1) is 9.22. The molecule has 2 nitrogen and oxygen atoms in total. The van der Waals surface area contributed by atoms with Crippen molar-refractivity contribution in [1.29, 1.82) is 0 Å². The van der Waals surface area contributed by atoms with Gasteiger partial charge in [0.15, 0.2) is 0 Å². The van der Waals surface area contributed by atoms with Crippen LogP contribution < -0.4 is 5.46 Å². The van der Waals surface area contributed by atoms with Gasteiger partial charge in [0.1, 0.15) is 7.85 Å². The molecule has 1 aromatic carbocycles. The Morgan fingerprint density at radius 2 is 2.14 bits per heavy atom. The van der Waals surface area contributed by atoms with Crippen molar-refractivity contribution in [3.05, 3.63) is 36.0 Å². The van der Waals surface area contributed by atoms with Crippen molar-refractivity contribution in [3.63, 3.8) is 0 Å². The molecule has 0 aliphatic heterocycles. The number of aliphatic hydroxyl groups excluding tert-OH is 1. The smallest absolute Gasteiger partial charge is 0.113 e. The van der Waals surface area contributed by atoms with Gasteiger partial charge in [0.25, 0.3) is 0 Å². The van der Waals surface area contributed by atoms with E-state index in [0.717, 1.165) is 21.9 Å². The van der Waals surface area contributed by atoms with Crippen LogP contribution in [-0.2, 0) is 6.42 Å². The van der Waals surface area contributed by atoms with Crippen LogP contribution in [0, 0.1) is 0 Å². The lowest BCUT2D eigenvalue weighted by atomic mass is 9.93.